The summed E-state index contributed by atoms with van der Waals surface area (Å²) in [4.78, 5) is 14.9. The van der Waals surface area contributed by atoms with Crippen molar-refractivity contribution in [3.8, 4) is 0 Å². The molecule has 1 heterocycles. The van der Waals surface area contributed by atoms with E-state index < -0.39 is 5.97 Å². The Morgan fingerprint density at radius 1 is 1.79 bits per heavy atom. The molecule has 0 aromatic carbocycles. The summed E-state index contributed by atoms with van der Waals surface area (Å²) in [5.41, 5.74) is 5.87. The molecule has 0 aromatic heterocycles. The summed E-state index contributed by atoms with van der Waals surface area (Å²) >= 11 is 5.55. The van der Waals surface area contributed by atoms with Crippen LogP contribution in [-0.2, 0) is 9.53 Å². The van der Waals surface area contributed by atoms with Crippen molar-refractivity contribution in [1.82, 2.24) is 5.32 Å². The summed E-state index contributed by atoms with van der Waals surface area (Å²) in [5, 5.41) is 3.02. The van der Waals surface area contributed by atoms with Crippen molar-refractivity contribution in [2.75, 3.05) is 6.61 Å². The number of halogens is 1. The zero-order valence-corrected chi connectivity index (χ0v) is 8.34. The first-order valence-electron chi connectivity index (χ1n) is 3.98. The van der Waals surface area contributed by atoms with Gasteiger partial charge in [-0.05, 0) is 6.92 Å². The molecular weight excluding hydrogens is 206 g/mol. The van der Waals surface area contributed by atoms with Gasteiger partial charge in [-0.3, -0.25) is 0 Å². The monoisotopic (exact) mass is 215 g/mol. The van der Waals surface area contributed by atoms with Gasteiger partial charge in [-0.25, -0.2) is 9.79 Å². The number of carbonyl (C=O) groups is 1. The van der Waals surface area contributed by atoms with E-state index in [1.807, 2.05) is 0 Å². The minimum absolute atomic E-state index is 0.0176. The molecule has 14 heavy (non-hydrogen) atoms. The van der Waals surface area contributed by atoms with Gasteiger partial charge in [-0.2, -0.15) is 0 Å². The number of nitrogens with one attached hydrogen (secondary N) is 1. The molecule has 0 fully saturated rings. The molecule has 1 rings (SSSR count). The van der Waals surface area contributed by atoms with Crippen LogP contribution >= 0.6 is 11.6 Å². The zero-order chi connectivity index (χ0) is 10.6. The third kappa shape index (κ3) is 2.50. The first kappa shape index (κ1) is 10.6. The van der Waals surface area contributed by atoms with Crippen molar-refractivity contribution in [2.24, 2.45) is 10.7 Å². The molecule has 0 radical (unpaired) electrons. The van der Waals surface area contributed by atoms with E-state index in [4.69, 9.17) is 22.1 Å². The van der Waals surface area contributed by atoms with Gasteiger partial charge in [0.25, 0.3) is 0 Å². The van der Waals surface area contributed by atoms with Crippen molar-refractivity contribution in [3.05, 3.63) is 22.8 Å². The first-order valence-corrected chi connectivity index (χ1v) is 4.36. The third-order valence-corrected chi connectivity index (χ3v) is 1.66. The van der Waals surface area contributed by atoms with Crippen LogP contribution in [0.3, 0.4) is 0 Å². The predicted molar refractivity (Wildman–Crippen MR) is 53.4 cm³/mol. The fourth-order valence-electron chi connectivity index (χ4n) is 0.804. The Balaban J connectivity index is 2.76. The van der Waals surface area contributed by atoms with Crippen LogP contribution in [0, 0.1) is 0 Å². The van der Waals surface area contributed by atoms with Gasteiger partial charge in [-0.15, -0.1) is 0 Å². The van der Waals surface area contributed by atoms with E-state index in [-0.39, 0.29) is 12.3 Å². The minimum atomic E-state index is -0.576. The van der Waals surface area contributed by atoms with Crippen molar-refractivity contribution in [1.29, 1.82) is 0 Å². The lowest BCUT2D eigenvalue weighted by Gasteiger charge is -2.09. The number of esters is 1. The lowest BCUT2D eigenvalue weighted by molar-refractivity contribution is -0.138. The maximum Gasteiger partial charge on any atom is 0.356 e. The maximum atomic E-state index is 11.2. The summed E-state index contributed by atoms with van der Waals surface area (Å²) in [5.74, 6) is -0.576. The van der Waals surface area contributed by atoms with Gasteiger partial charge in [-0.1, -0.05) is 11.6 Å². The molecular formula is C8H10ClN3O2. The molecule has 0 amide bonds. The fraction of sp³-hybridized carbons (Fsp3) is 0.250. The van der Waals surface area contributed by atoms with Crippen LogP contribution < -0.4 is 11.1 Å². The second-order valence-corrected chi connectivity index (χ2v) is 2.80. The van der Waals surface area contributed by atoms with Gasteiger partial charge in [0.05, 0.1) is 18.5 Å². The van der Waals surface area contributed by atoms with Crippen molar-refractivity contribution in [2.45, 2.75) is 6.92 Å². The van der Waals surface area contributed by atoms with E-state index in [1.165, 1.54) is 12.4 Å². The Kier molecular flexibility index (Phi) is 3.53. The van der Waals surface area contributed by atoms with Crippen LogP contribution in [0.1, 0.15) is 6.92 Å². The number of carbonyl (C=O) groups excluding carboxylic acids is 1. The lowest BCUT2D eigenvalue weighted by Crippen LogP contribution is -2.24. The van der Waals surface area contributed by atoms with Crippen LogP contribution in [0.15, 0.2) is 27.7 Å². The summed E-state index contributed by atoms with van der Waals surface area (Å²) in [6.45, 7) is 1.98. The van der Waals surface area contributed by atoms with E-state index in [0.717, 1.165) is 0 Å². The number of ether oxygens (including phenoxy) is 1. The average molecular weight is 216 g/mol. The van der Waals surface area contributed by atoms with Crippen LogP contribution in [0.25, 0.3) is 0 Å². The number of nitrogens with zero attached hydrogens (tertiary/aromatic N) is 1. The van der Waals surface area contributed by atoms with Crippen LogP contribution in [0.4, 0.5) is 0 Å². The van der Waals surface area contributed by atoms with Gasteiger partial charge >= 0.3 is 5.97 Å². The molecule has 1 aliphatic heterocycles. The van der Waals surface area contributed by atoms with E-state index in [1.54, 1.807) is 6.92 Å². The smallest absolute Gasteiger partial charge is 0.356 e. The number of nitrogens with two attached hydrogens (primary N) is 1. The summed E-state index contributed by atoms with van der Waals surface area (Å²) in [7, 11) is 0. The third-order valence-electron chi connectivity index (χ3n) is 1.45. The number of aliphatic imine (C=N–C) groups is 1. The molecule has 1 aliphatic rings. The SMILES string of the molecule is CCOC(=O)/C(N)=C1\C=NC(Cl)=CN1. The zero-order valence-electron chi connectivity index (χ0n) is 7.58. The highest BCUT2D eigenvalue weighted by Gasteiger charge is 2.12. The highest BCUT2D eigenvalue weighted by molar-refractivity contribution is 6.30. The average Bonchev–Trinajstić information content (AvgIpc) is 2.18. The van der Waals surface area contributed by atoms with E-state index in [2.05, 4.69) is 10.3 Å². The topological polar surface area (TPSA) is 76.7 Å². The summed E-state index contributed by atoms with van der Waals surface area (Å²) in [6.07, 6.45) is 2.80. The van der Waals surface area contributed by atoms with Gasteiger partial charge < -0.3 is 15.8 Å². The molecule has 0 saturated carbocycles. The van der Waals surface area contributed by atoms with Crippen LogP contribution in [0.5, 0.6) is 0 Å². The number of rotatable bonds is 2. The normalized spacial score (nSPS) is 18.3. The Labute approximate surface area is 86.3 Å². The molecule has 76 valence electrons. The molecule has 0 atom stereocenters. The van der Waals surface area contributed by atoms with Crippen molar-refractivity contribution < 1.29 is 9.53 Å². The van der Waals surface area contributed by atoms with E-state index >= 15 is 0 Å². The minimum Gasteiger partial charge on any atom is -0.461 e. The molecule has 0 aromatic rings. The van der Waals surface area contributed by atoms with Crippen LogP contribution in [-0.4, -0.2) is 18.8 Å². The Morgan fingerprint density at radius 3 is 3.00 bits per heavy atom. The van der Waals surface area contributed by atoms with Crippen LogP contribution in [0.2, 0.25) is 0 Å². The number of hydrogen-bond donors (Lipinski definition) is 2. The molecule has 0 bridgehead atoms. The van der Waals surface area contributed by atoms with Crippen molar-refractivity contribution >= 4 is 23.8 Å². The molecule has 0 spiro atoms. The molecule has 5 nitrogen and oxygen atoms in total. The summed E-state index contributed by atoms with van der Waals surface area (Å²) < 4.78 is 4.71. The maximum absolute atomic E-state index is 11.2. The molecule has 0 aliphatic carbocycles. The first-order chi connectivity index (χ1) is 6.65. The Bertz CT molecular complexity index is 333. The Hall–Kier alpha value is -1.49. The Morgan fingerprint density at radius 2 is 2.50 bits per heavy atom. The van der Waals surface area contributed by atoms with E-state index in [0.29, 0.717) is 10.9 Å². The molecule has 3 N–H and O–H groups in total. The molecule has 6 heteroatoms. The highest BCUT2D eigenvalue weighted by atomic mass is 35.5. The van der Waals surface area contributed by atoms with Gasteiger partial charge in [0, 0.05) is 6.20 Å². The van der Waals surface area contributed by atoms with Crippen molar-refractivity contribution in [3.63, 3.8) is 0 Å². The summed E-state index contributed by atoms with van der Waals surface area (Å²) in [6, 6.07) is 0. The number of hydrogen-bond acceptors (Lipinski definition) is 5. The molecule has 0 saturated heterocycles. The van der Waals surface area contributed by atoms with Gasteiger partial charge in [0.15, 0.2) is 0 Å². The second kappa shape index (κ2) is 4.66. The van der Waals surface area contributed by atoms with E-state index in [9.17, 15) is 4.79 Å². The predicted octanol–water partition coefficient (Wildman–Crippen LogP) is 0.432. The number of allylic oxidation sites excluding steroid dienone is 1. The highest BCUT2D eigenvalue weighted by Crippen LogP contribution is 2.08. The standard InChI is InChI=1S/C8H10ClN3O2/c1-2-14-8(13)7(10)5-3-12-6(9)4-11-5/h3-4,11H,2,10H2,1H3/b7-5-. The second-order valence-electron chi connectivity index (χ2n) is 2.42. The largest absolute Gasteiger partial charge is 0.461 e. The lowest BCUT2D eigenvalue weighted by atomic mass is 10.3. The van der Waals surface area contributed by atoms with Gasteiger partial charge in [0.2, 0.25) is 0 Å². The quantitative estimate of drug-likeness (QED) is 0.398. The fourth-order valence-corrected chi connectivity index (χ4v) is 0.907. The van der Waals surface area contributed by atoms with Gasteiger partial charge in [0.1, 0.15) is 10.9 Å². The molecule has 0 unspecified atom stereocenters.